The van der Waals surface area contributed by atoms with E-state index in [9.17, 15) is 22.4 Å². The number of sulfonamides is 1. The van der Waals surface area contributed by atoms with Gasteiger partial charge in [-0.3, -0.25) is 14.5 Å². The maximum atomic E-state index is 13.4. The number of fused-ring (bicyclic) bond motifs is 1. The van der Waals surface area contributed by atoms with Crippen LogP contribution in [0.15, 0.2) is 41.3 Å². The third kappa shape index (κ3) is 5.13. The summed E-state index contributed by atoms with van der Waals surface area (Å²) in [4.78, 5) is 26.4. The Kier molecular flexibility index (Phi) is 6.87. The standard InChI is InChI=1S/C22H23ClFN3O5S/c23-17-11-15(5-7-18(17)24)25-21(28)13-27-19-12-16(6-8-20(19)32-14-22(27)29)33(30,31)26-9-3-1-2-4-10-26/h5-8,11-12H,1-4,9-10,13-14H2,(H,25,28). The lowest BCUT2D eigenvalue weighted by atomic mass is 10.2. The van der Waals surface area contributed by atoms with Crippen LogP contribution >= 0.6 is 11.6 Å². The van der Waals surface area contributed by atoms with Crippen LogP contribution in [0, 0.1) is 5.82 Å². The van der Waals surface area contributed by atoms with Crippen LogP contribution in [0.3, 0.4) is 0 Å². The van der Waals surface area contributed by atoms with E-state index in [0.29, 0.717) is 18.8 Å². The zero-order chi connectivity index (χ0) is 23.6. The Bertz CT molecular complexity index is 1180. The number of rotatable bonds is 5. The van der Waals surface area contributed by atoms with E-state index in [0.717, 1.165) is 31.7 Å². The van der Waals surface area contributed by atoms with Gasteiger partial charge in [-0.2, -0.15) is 4.31 Å². The smallest absolute Gasteiger partial charge is 0.265 e. The number of carbonyl (C=O) groups is 2. The summed E-state index contributed by atoms with van der Waals surface area (Å²) in [6.07, 6.45) is 3.57. The molecule has 0 radical (unpaired) electrons. The fourth-order valence-corrected chi connectivity index (χ4v) is 5.58. The van der Waals surface area contributed by atoms with Gasteiger partial charge in [-0.1, -0.05) is 24.4 Å². The van der Waals surface area contributed by atoms with Crippen molar-refractivity contribution in [1.82, 2.24) is 4.31 Å². The van der Waals surface area contributed by atoms with Crippen LogP contribution in [-0.2, 0) is 19.6 Å². The fourth-order valence-electron chi connectivity index (χ4n) is 3.86. The molecule has 2 aromatic carbocycles. The summed E-state index contributed by atoms with van der Waals surface area (Å²) in [5, 5.41) is 2.41. The summed E-state index contributed by atoms with van der Waals surface area (Å²) < 4.78 is 46.6. The van der Waals surface area contributed by atoms with Crippen LogP contribution in [0.25, 0.3) is 0 Å². The second-order valence-corrected chi connectivity index (χ2v) is 10.2. The van der Waals surface area contributed by atoms with E-state index >= 15 is 0 Å². The number of halogens is 2. The van der Waals surface area contributed by atoms with E-state index in [-0.39, 0.29) is 34.4 Å². The third-order valence-electron chi connectivity index (χ3n) is 5.58. The minimum atomic E-state index is -3.76. The van der Waals surface area contributed by atoms with Crippen LogP contribution < -0.4 is 15.0 Å². The topological polar surface area (TPSA) is 96.0 Å². The maximum Gasteiger partial charge on any atom is 0.265 e. The zero-order valence-corrected chi connectivity index (χ0v) is 19.3. The normalized spacial score (nSPS) is 17.2. The molecule has 0 atom stereocenters. The van der Waals surface area contributed by atoms with Crippen LogP contribution in [-0.4, -0.2) is 50.8 Å². The quantitative estimate of drug-likeness (QED) is 0.685. The Morgan fingerprint density at radius 3 is 2.52 bits per heavy atom. The first-order chi connectivity index (χ1) is 15.8. The number of ether oxygens (including phenoxy) is 1. The molecule has 0 aromatic heterocycles. The van der Waals surface area contributed by atoms with Crippen molar-refractivity contribution < 1.29 is 27.1 Å². The Hall–Kier alpha value is -2.69. The van der Waals surface area contributed by atoms with Crippen molar-refractivity contribution in [2.75, 3.05) is 36.5 Å². The summed E-state index contributed by atoms with van der Waals surface area (Å²) in [6.45, 7) is 0.237. The van der Waals surface area contributed by atoms with Crippen LogP contribution in [0.2, 0.25) is 5.02 Å². The van der Waals surface area contributed by atoms with Crippen LogP contribution in [0.4, 0.5) is 15.8 Å². The molecule has 2 aliphatic rings. The molecular weight excluding hydrogens is 473 g/mol. The Morgan fingerprint density at radius 2 is 1.82 bits per heavy atom. The second-order valence-electron chi connectivity index (χ2n) is 7.89. The average molecular weight is 496 g/mol. The summed E-state index contributed by atoms with van der Waals surface area (Å²) in [7, 11) is -3.76. The summed E-state index contributed by atoms with van der Waals surface area (Å²) in [6, 6.07) is 8.04. The van der Waals surface area contributed by atoms with E-state index in [4.69, 9.17) is 16.3 Å². The molecule has 2 amide bonds. The van der Waals surface area contributed by atoms with Crippen molar-refractivity contribution in [3.8, 4) is 5.75 Å². The number of amides is 2. The number of carbonyl (C=O) groups excluding carboxylic acids is 2. The van der Waals surface area contributed by atoms with Crippen LogP contribution in [0.5, 0.6) is 5.75 Å². The molecule has 2 aromatic rings. The van der Waals surface area contributed by atoms with Gasteiger partial charge in [-0.05, 0) is 49.2 Å². The van der Waals surface area contributed by atoms with Crippen molar-refractivity contribution in [2.45, 2.75) is 30.6 Å². The molecule has 0 spiro atoms. The first-order valence-corrected chi connectivity index (χ1v) is 12.4. The lowest BCUT2D eigenvalue weighted by Crippen LogP contribution is -2.43. The highest BCUT2D eigenvalue weighted by molar-refractivity contribution is 7.89. The molecule has 8 nitrogen and oxygen atoms in total. The molecule has 1 saturated heterocycles. The van der Waals surface area contributed by atoms with Gasteiger partial charge in [0.25, 0.3) is 5.91 Å². The van der Waals surface area contributed by atoms with Crippen molar-refractivity contribution in [3.63, 3.8) is 0 Å². The lowest BCUT2D eigenvalue weighted by molar-refractivity contribution is -0.123. The molecule has 33 heavy (non-hydrogen) atoms. The Morgan fingerprint density at radius 1 is 1.09 bits per heavy atom. The van der Waals surface area contributed by atoms with Gasteiger partial charge in [-0.15, -0.1) is 0 Å². The largest absolute Gasteiger partial charge is 0.482 e. The molecule has 0 bridgehead atoms. The number of nitrogens with one attached hydrogen (secondary N) is 1. The minimum absolute atomic E-state index is 0.0391. The molecule has 0 aliphatic carbocycles. The van der Waals surface area contributed by atoms with Gasteiger partial charge in [0.05, 0.1) is 15.6 Å². The van der Waals surface area contributed by atoms with Crippen LogP contribution in [0.1, 0.15) is 25.7 Å². The van der Waals surface area contributed by atoms with E-state index in [2.05, 4.69) is 5.32 Å². The second kappa shape index (κ2) is 9.66. The Labute approximate surface area is 196 Å². The first-order valence-electron chi connectivity index (χ1n) is 10.6. The molecule has 1 fully saturated rings. The molecule has 2 heterocycles. The number of nitrogens with zero attached hydrogens (tertiary/aromatic N) is 2. The number of hydrogen-bond acceptors (Lipinski definition) is 5. The van der Waals surface area contributed by atoms with Gasteiger partial charge in [0.15, 0.2) is 6.61 Å². The van der Waals surface area contributed by atoms with Gasteiger partial charge in [0.2, 0.25) is 15.9 Å². The predicted octanol–water partition coefficient (Wildman–Crippen LogP) is 3.41. The fraction of sp³-hybridized carbons (Fsp3) is 0.364. The van der Waals surface area contributed by atoms with Crippen molar-refractivity contribution in [3.05, 3.63) is 47.2 Å². The highest BCUT2D eigenvalue weighted by Gasteiger charge is 2.31. The van der Waals surface area contributed by atoms with E-state index < -0.39 is 27.7 Å². The number of anilines is 2. The molecule has 0 unspecified atom stereocenters. The maximum absolute atomic E-state index is 13.4. The van der Waals surface area contributed by atoms with Gasteiger partial charge in [0, 0.05) is 18.8 Å². The summed E-state index contributed by atoms with van der Waals surface area (Å²) in [5.41, 5.74) is 0.472. The molecule has 1 N–H and O–H groups in total. The third-order valence-corrected chi connectivity index (χ3v) is 7.77. The zero-order valence-electron chi connectivity index (χ0n) is 17.7. The molecule has 11 heteroatoms. The highest BCUT2D eigenvalue weighted by atomic mass is 35.5. The predicted molar refractivity (Wildman–Crippen MR) is 122 cm³/mol. The lowest BCUT2D eigenvalue weighted by Gasteiger charge is -2.30. The SMILES string of the molecule is O=C(CN1C(=O)COc2ccc(S(=O)(=O)N3CCCCCC3)cc21)Nc1ccc(F)c(Cl)c1. The minimum Gasteiger partial charge on any atom is -0.482 e. The summed E-state index contributed by atoms with van der Waals surface area (Å²) in [5.74, 6) is -1.36. The van der Waals surface area contributed by atoms with Gasteiger partial charge in [-0.25, -0.2) is 12.8 Å². The average Bonchev–Trinajstić information content (AvgIpc) is 3.08. The van der Waals surface area contributed by atoms with E-state index in [1.54, 1.807) is 0 Å². The number of benzene rings is 2. The molecule has 2 aliphatic heterocycles. The van der Waals surface area contributed by atoms with E-state index in [1.807, 2.05) is 0 Å². The monoisotopic (exact) mass is 495 g/mol. The first kappa shape index (κ1) is 23.5. The molecule has 176 valence electrons. The van der Waals surface area contributed by atoms with E-state index in [1.165, 1.54) is 39.5 Å². The molecule has 0 saturated carbocycles. The van der Waals surface area contributed by atoms with Gasteiger partial charge >= 0.3 is 0 Å². The highest BCUT2D eigenvalue weighted by Crippen LogP contribution is 2.35. The van der Waals surface area contributed by atoms with Gasteiger partial charge < -0.3 is 10.1 Å². The van der Waals surface area contributed by atoms with Gasteiger partial charge in [0.1, 0.15) is 18.1 Å². The van der Waals surface area contributed by atoms with Crippen molar-refractivity contribution in [1.29, 1.82) is 0 Å². The molecule has 4 rings (SSSR count). The van der Waals surface area contributed by atoms with Crippen molar-refractivity contribution >= 4 is 44.8 Å². The van der Waals surface area contributed by atoms with Crippen molar-refractivity contribution in [2.24, 2.45) is 0 Å². The Balaban J connectivity index is 1.58. The number of hydrogen-bond donors (Lipinski definition) is 1. The summed E-state index contributed by atoms with van der Waals surface area (Å²) >= 11 is 5.75. The molecular formula is C22H23ClFN3O5S.